The average Bonchev–Trinajstić information content (AvgIpc) is 1.81. The summed E-state index contributed by atoms with van der Waals surface area (Å²) in [7, 11) is 1.63. The van der Waals surface area contributed by atoms with Crippen molar-refractivity contribution in [2.45, 2.75) is 25.6 Å². The fraction of sp³-hybridized carbons (Fsp3) is 1.00. The van der Waals surface area contributed by atoms with Gasteiger partial charge in [-0.05, 0) is 13.8 Å². The van der Waals surface area contributed by atoms with Crippen molar-refractivity contribution in [3.05, 3.63) is 0 Å². The van der Waals surface area contributed by atoms with Crippen molar-refractivity contribution in [3.8, 4) is 0 Å². The molecule has 1 fully saturated rings. The van der Waals surface area contributed by atoms with Crippen molar-refractivity contribution in [1.82, 2.24) is 5.32 Å². The predicted molar refractivity (Wildman–Crippen MR) is 43.5 cm³/mol. The Labute approximate surface area is 67.7 Å². The Hall–Kier alpha value is -0.120. The maximum Gasteiger partial charge on any atom is 0.0929 e. The molecule has 11 heavy (non-hydrogen) atoms. The van der Waals surface area contributed by atoms with Gasteiger partial charge in [-0.3, -0.25) is 0 Å². The minimum atomic E-state index is -0.681. The summed E-state index contributed by atoms with van der Waals surface area (Å²) < 4.78 is 5.09. The molecule has 0 aromatic heterocycles. The van der Waals surface area contributed by atoms with Gasteiger partial charge in [0, 0.05) is 26.1 Å². The summed E-state index contributed by atoms with van der Waals surface area (Å²) in [6.07, 6.45) is -0.0883. The maximum absolute atomic E-state index is 9.94. The molecule has 1 saturated heterocycles. The predicted octanol–water partition coefficient (Wildman–Crippen LogP) is -0.00830. The summed E-state index contributed by atoms with van der Waals surface area (Å²) in [5.41, 5.74) is -0.681. The molecule has 0 saturated carbocycles. The number of hydrogen-bond donors (Lipinski definition) is 2. The zero-order valence-corrected chi connectivity index (χ0v) is 7.42. The number of aliphatic hydroxyl groups is 1. The summed E-state index contributed by atoms with van der Waals surface area (Å²) in [4.78, 5) is 0. The van der Waals surface area contributed by atoms with Gasteiger partial charge in [0.2, 0.25) is 0 Å². The van der Waals surface area contributed by atoms with Gasteiger partial charge in [0.15, 0.2) is 0 Å². The zero-order chi connectivity index (χ0) is 8.48. The third-order valence-electron chi connectivity index (χ3n) is 2.78. The van der Waals surface area contributed by atoms with Gasteiger partial charge in [-0.1, -0.05) is 0 Å². The molecule has 0 aromatic rings. The molecule has 0 aromatic carbocycles. The summed E-state index contributed by atoms with van der Waals surface area (Å²) in [5.74, 6) is 0.345. The molecular weight excluding hydrogens is 142 g/mol. The number of methoxy groups -OCH3 is 1. The molecule has 0 aliphatic carbocycles. The smallest absolute Gasteiger partial charge is 0.0929 e. The second kappa shape index (κ2) is 3.09. The summed E-state index contributed by atoms with van der Waals surface area (Å²) in [6, 6.07) is 0. The van der Waals surface area contributed by atoms with E-state index < -0.39 is 5.60 Å². The monoisotopic (exact) mass is 159 g/mol. The van der Waals surface area contributed by atoms with Gasteiger partial charge >= 0.3 is 0 Å². The Morgan fingerprint density at radius 1 is 1.64 bits per heavy atom. The molecule has 2 N–H and O–H groups in total. The maximum atomic E-state index is 9.94. The third kappa shape index (κ3) is 1.55. The quantitative estimate of drug-likeness (QED) is 0.608. The van der Waals surface area contributed by atoms with E-state index in [4.69, 9.17) is 4.74 Å². The number of hydrogen-bond acceptors (Lipinski definition) is 3. The lowest BCUT2D eigenvalue weighted by atomic mass is 9.81. The molecule has 0 bridgehead atoms. The Bertz CT molecular complexity index is 125. The number of rotatable bonds is 3. The lowest BCUT2D eigenvalue weighted by Crippen LogP contribution is -2.59. The van der Waals surface area contributed by atoms with Crippen LogP contribution in [-0.2, 0) is 4.74 Å². The minimum absolute atomic E-state index is 0.0883. The number of ether oxygens (including phenoxy) is 1. The second-order valence-corrected chi connectivity index (χ2v) is 3.46. The van der Waals surface area contributed by atoms with Gasteiger partial charge < -0.3 is 15.2 Å². The highest BCUT2D eigenvalue weighted by Gasteiger charge is 2.40. The zero-order valence-electron chi connectivity index (χ0n) is 7.42. The third-order valence-corrected chi connectivity index (χ3v) is 2.78. The van der Waals surface area contributed by atoms with E-state index in [0.717, 1.165) is 13.1 Å². The molecule has 1 aliphatic heterocycles. The highest BCUT2D eigenvalue weighted by Crippen LogP contribution is 2.25. The molecule has 0 spiro atoms. The van der Waals surface area contributed by atoms with Crippen LogP contribution in [0.25, 0.3) is 0 Å². The van der Waals surface area contributed by atoms with Crippen LogP contribution in [0.4, 0.5) is 0 Å². The Balaban J connectivity index is 2.49. The van der Waals surface area contributed by atoms with Crippen molar-refractivity contribution in [2.24, 2.45) is 5.92 Å². The molecule has 1 aliphatic rings. The van der Waals surface area contributed by atoms with Crippen LogP contribution in [0.1, 0.15) is 13.8 Å². The van der Waals surface area contributed by atoms with E-state index in [1.54, 1.807) is 7.11 Å². The molecule has 3 nitrogen and oxygen atoms in total. The van der Waals surface area contributed by atoms with Crippen molar-refractivity contribution < 1.29 is 9.84 Å². The van der Waals surface area contributed by atoms with Crippen molar-refractivity contribution in [2.75, 3.05) is 20.2 Å². The van der Waals surface area contributed by atoms with Crippen LogP contribution in [0.2, 0.25) is 0 Å². The minimum Gasteiger partial charge on any atom is -0.387 e. The van der Waals surface area contributed by atoms with Gasteiger partial charge in [-0.15, -0.1) is 0 Å². The van der Waals surface area contributed by atoms with E-state index in [1.807, 2.05) is 13.8 Å². The second-order valence-electron chi connectivity index (χ2n) is 3.46. The molecule has 66 valence electrons. The molecule has 3 heteroatoms. The normalized spacial score (nSPS) is 27.3. The molecule has 0 amide bonds. The highest BCUT2D eigenvalue weighted by molar-refractivity contribution is 4.94. The highest BCUT2D eigenvalue weighted by atomic mass is 16.5. The fourth-order valence-corrected chi connectivity index (χ4v) is 1.27. The van der Waals surface area contributed by atoms with Crippen LogP contribution in [0.15, 0.2) is 0 Å². The van der Waals surface area contributed by atoms with Crippen molar-refractivity contribution >= 4 is 0 Å². The van der Waals surface area contributed by atoms with Crippen molar-refractivity contribution in [1.29, 1.82) is 0 Å². The van der Waals surface area contributed by atoms with E-state index in [9.17, 15) is 5.11 Å². The van der Waals surface area contributed by atoms with Gasteiger partial charge in [0.05, 0.1) is 11.7 Å². The van der Waals surface area contributed by atoms with Crippen molar-refractivity contribution in [3.63, 3.8) is 0 Å². The lowest BCUT2D eigenvalue weighted by molar-refractivity contribution is -0.119. The summed E-state index contributed by atoms with van der Waals surface area (Å²) >= 11 is 0. The van der Waals surface area contributed by atoms with E-state index >= 15 is 0 Å². The largest absolute Gasteiger partial charge is 0.387 e. The first kappa shape index (κ1) is 8.97. The molecule has 0 radical (unpaired) electrons. The Kier molecular flexibility index (Phi) is 2.52. The number of nitrogens with one attached hydrogen (secondary N) is 1. The Morgan fingerprint density at radius 3 is 2.45 bits per heavy atom. The summed E-state index contributed by atoms with van der Waals surface area (Å²) in [6.45, 7) is 5.55. The standard InChI is InChI=1S/C8H17NO2/c1-6(11-3)8(2,10)7-4-9-5-7/h6-7,9-10H,4-5H2,1-3H3. The molecule has 2 atom stereocenters. The summed E-state index contributed by atoms with van der Waals surface area (Å²) in [5, 5.41) is 13.1. The van der Waals surface area contributed by atoms with Crippen LogP contribution in [0, 0.1) is 5.92 Å². The molecule has 1 heterocycles. The fourth-order valence-electron chi connectivity index (χ4n) is 1.27. The van der Waals surface area contributed by atoms with Crippen LogP contribution >= 0.6 is 0 Å². The topological polar surface area (TPSA) is 41.5 Å². The first-order chi connectivity index (χ1) is 5.09. The van der Waals surface area contributed by atoms with E-state index in [0.29, 0.717) is 5.92 Å². The van der Waals surface area contributed by atoms with Gasteiger partial charge in [-0.25, -0.2) is 0 Å². The van der Waals surface area contributed by atoms with Crippen LogP contribution in [0.3, 0.4) is 0 Å². The van der Waals surface area contributed by atoms with Gasteiger partial charge in [-0.2, -0.15) is 0 Å². The SMILES string of the molecule is COC(C)C(C)(O)C1CNC1. The van der Waals surface area contributed by atoms with E-state index in [1.165, 1.54) is 0 Å². The Morgan fingerprint density at radius 2 is 2.18 bits per heavy atom. The van der Waals surface area contributed by atoms with Crippen LogP contribution in [0.5, 0.6) is 0 Å². The molecule has 2 unspecified atom stereocenters. The van der Waals surface area contributed by atoms with E-state index in [-0.39, 0.29) is 6.10 Å². The van der Waals surface area contributed by atoms with E-state index in [2.05, 4.69) is 5.32 Å². The van der Waals surface area contributed by atoms with Crippen LogP contribution < -0.4 is 5.32 Å². The lowest BCUT2D eigenvalue weighted by Gasteiger charge is -2.42. The average molecular weight is 159 g/mol. The first-order valence-corrected chi connectivity index (χ1v) is 4.05. The van der Waals surface area contributed by atoms with Crippen LogP contribution in [-0.4, -0.2) is 37.0 Å². The first-order valence-electron chi connectivity index (χ1n) is 4.05. The van der Waals surface area contributed by atoms with Gasteiger partial charge in [0.25, 0.3) is 0 Å². The molecular formula is C8H17NO2. The van der Waals surface area contributed by atoms with Gasteiger partial charge in [0.1, 0.15) is 0 Å². The molecule has 1 rings (SSSR count).